The normalized spacial score (nSPS) is 17.8. The van der Waals surface area contributed by atoms with E-state index in [1.165, 1.54) is 4.90 Å². The van der Waals surface area contributed by atoms with Crippen LogP contribution in [0.2, 0.25) is 0 Å². The van der Waals surface area contributed by atoms with E-state index in [9.17, 15) is 9.59 Å². The maximum absolute atomic E-state index is 13.2. The largest absolute Gasteiger partial charge is 0.378 e. The number of amides is 2. The van der Waals surface area contributed by atoms with Gasteiger partial charge in [0.15, 0.2) is 0 Å². The van der Waals surface area contributed by atoms with E-state index in [0.717, 1.165) is 11.1 Å². The van der Waals surface area contributed by atoms with Gasteiger partial charge in [0.05, 0.1) is 18.8 Å². The summed E-state index contributed by atoms with van der Waals surface area (Å²) >= 11 is 0. The van der Waals surface area contributed by atoms with Crippen molar-refractivity contribution < 1.29 is 14.3 Å². The SMILES string of the molecule is O=C1C(c2ccccc2)=C(N2CCOCC2)C(=O)N1CCc1ccccc1. The average molecular weight is 362 g/mol. The molecule has 2 aromatic carbocycles. The number of imide groups is 1. The fourth-order valence-electron chi connectivity index (χ4n) is 3.60. The number of hydrogen-bond donors (Lipinski definition) is 0. The topological polar surface area (TPSA) is 49.9 Å². The van der Waals surface area contributed by atoms with Gasteiger partial charge in [-0.3, -0.25) is 14.5 Å². The van der Waals surface area contributed by atoms with Crippen LogP contribution < -0.4 is 0 Å². The third-order valence-electron chi connectivity index (χ3n) is 5.00. The maximum Gasteiger partial charge on any atom is 0.277 e. The first kappa shape index (κ1) is 17.5. The summed E-state index contributed by atoms with van der Waals surface area (Å²) in [6, 6.07) is 19.4. The highest BCUT2D eigenvalue weighted by Gasteiger charge is 2.41. The first-order valence-corrected chi connectivity index (χ1v) is 9.28. The summed E-state index contributed by atoms with van der Waals surface area (Å²) in [5, 5.41) is 0. The Balaban J connectivity index is 1.64. The van der Waals surface area contributed by atoms with Crippen molar-refractivity contribution in [3.05, 3.63) is 77.5 Å². The Labute approximate surface area is 158 Å². The molecule has 0 spiro atoms. The minimum absolute atomic E-state index is 0.198. The van der Waals surface area contributed by atoms with Gasteiger partial charge in [-0.05, 0) is 17.5 Å². The molecular formula is C22H22N2O3. The third-order valence-corrected chi connectivity index (χ3v) is 5.00. The molecule has 0 bridgehead atoms. The van der Waals surface area contributed by atoms with Crippen LogP contribution in [-0.4, -0.2) is 54.5 Å². The smallest absolute Gasteiger partial charge is 0.277 e. The summed E-state index contributed by atoms with van der Waals surface area (Å²) in [7, 11) is 0. The lowest BCUT2D eigenvalue weighted by atomic mass is 10.0. The Kier molecular flexibility index (Phi) is 5.03. The Morgan fingerprint density at radius 1 is 0.815 bits per heavy atom. The molecule has 138 valence electrons. The van der Waals surface area contributed by atoms with Gasteiger partial charge in [-0.1, -0.05) is 60.7 Å². The van der Waals surface area contributed by atoms with Crippen LogP contribution in [-0.2, 0) is 20.7 Å². The molecule has 0 radical (unpaired) electrons. The second-order valence-corrected chi connectivity index (χ2v) is 6.69. The molecule has 0 aliphatic carbocycles. The van der Waals surface area contributed by atoms with Crippen molar-refractivity contribution in [1.82, 2.24) is 9.80 Å². The molecule has 2 amide bonds. The fraction of sp³-hybridized carbons (Fsp3) is 0.273. The molecule has 0 N–H and O–H groups in total. The van der Waals surface area contributed by atoms with Gasteiger partial charge in [0.1, 0.15) is 5.70 Å². The lowest BCUT2D eigenvalue weighted by Crippen LogP contribution is -2.40. The molecule has 0 saturated carbocycles. The molecule has 27 heavy (non-hydrogen) atoms. The number of rotatable bonds is 5. The molecule has 0 aromatic heterocycles. The Morgan fingerprint density at radius 3 is 2.11 bits per heavy atom. The first-order chi connectivity index (χ1) is 13.3. The van der Waals surface area contributed by atoms with Crippen molar-refractivity contribution in [3.63, 3.8) is 0 Å². The monoisotopic (exact) mass is 362 g/mol. The highest BCUT2D eigenvalue weighted by atomic mass is 16.5. The predicted octanol–water partition coefficient (Wildman–Crippen LogP) is 2.34. The van der Waals surface area contributed by atoms with E-state index in [0.29, 0.717) is 50.5 Å². The molecule has 5 heteroatoms. The van der Waals surface area contributed by atoms with Gasteiger partial charge in [-0.2, -0.15) is 0 Å². The second kappa shape index (κ2) is 7.76. The number of morpholine rings is 1. The zero-order valence-electron chi connectivity index (χ0n) is 15.1. The Bertz CT molecular complexity index is 856. The summed E-state index contributed by atoms with van der Waals surface area (Å²) in [6.07, 6.45) is 0.650. The van der Waals surface area contributed by atoms with Gasteiger partial charge in [0.2, 0.25) is 0 Å². The van der Waals surface area contributed by atoms with Gasteiger partial charge in [-0.15, -0.1) is 0 Å². The first-order valence-electron chi connectivity index (χ1n) is 9.28. The van der Waals surface area contributed by atoms with Gasteiger partial charge in [-0.25, -0.2) is 0 Å². The van der Waals surface area contributed by atoms with E-state index >= 15 is 0 Å². The zero-order chi connectivity index (χ0) is 18.6. The third kappa shape index (κ3) is 3.51. The van der Waals surface area contributed by atoms with Gasteiger partial charge >= 0.3 is 0 Å². The quantitative estimate of drug-likeness (QED) is 0.766. The minimum Gasteiger partial charge on any atom is -0.378 e. The van der Waals surface area contributed by atoms with Crippen LogP contribution in [0.15, 0.2) is 66.4 Å². The molecular weight excluding hydrogens is 340 g/mol. The highest BCUT2D eigenvalue weighted by Crippen LogP contribution is 2.32. The molecule has 2 aliphatic heterocycles. The van der Waals surface area contributed by atoms with Crippen LogP contribution in [0.5, 0.6) is 0 Å². The molecule has 0 atom stereocenters. The van der Waals surface area contributed by atoms with Crippen LogP contribution in [0.1, 0.15) is 11.1 Å². The van der Waals surface area contributed by atoms with Gasteiger partial charge < -0.3 is 9.64 Å². The zero-order valence-corrected chi connectivity index (χ0v) is 15.1. The second-order valence-electron chi connectivity index (χ2n) is 6.69. The van der Waals surface area contributed by atoms with Crippen molar-refractivity contribution >= 4 is 17.4 Å². The molecule has 2 aliphatic rings. The van der Waals surface area contributed by atoms with Crippen molar-refractivity contribution in [3.8, 4) is 0 Å². The molecule has 0 unspecified atom stereocenters. The van der Waals surface area contributed by atoms with Crippen molar-refractivity contribution in [2.24, 2.45) is 0 Å². The van der Waals surface area contributed by atoms with Crippen LogP contribution >= 0.6 is 0 Å². The summed E-state index contributed by atoms with van der Waals surface area (Å²) in [4.78, 5) is 29.7. The van der Waals surface area contributed by atoms with Crippen molar-refractivity contribution in [1.29, 1.82) is 0 Å². The minimum atomic E-state index is -0.205. The number of nitrogens with zero attached hydrogens (tertiary/aromatic N) is 2. The Hall–Kier alpha value is -2.92. The highest BCUT2D eigenvalue weighted by molar-refractivity contribution is 6.35. The van der Waals surface area contributed by atoms with Crippen LogP contribution in [0.4, 0.5) is 0 Å². The average Bonchev–Trinajstić information content (AvgIpc) is 2.98. The Morgan fingerprint density at radius 2 is 1.44 bits per heavy atom. The van der Waals surface area contributed by atoms with E-state index in [2.05, 4.69) is 0 Å². The lowest BCUT2D eigenvalue weighted by molar-refractivity contribution is -0.137. The van der Waals surface area contributed by atoms with Gasteiger partial charge in [0.25, 0.3) is 11.8 Å². The summed E-state index contributed by atoms with van der Waals surface area (Å²) in [6.45, 7) is 2.76. The number of benzene rings is 2. The van der Waals surface area contributed by atoms with E-state index in [1.54, 1.807) is 0 Å². The van der Waals surface area contributed by atoms with E-state index in [4.69, 9.17) is 4.74 Å². The fourth-order valence-corrected chi connectivity index (χ4v) is 3.60. The summed E-state index contributed by atoms with van der Waals surface area (Å²) in [5.74, 6) is -0.402. The standard InChI is InChI=1S/C22H22N2O3/c25-21-19(18-9-5-2-6-10-18)20(23-13-15-27-16-14-23)22(26)24(21)12-11-17-7-3-1-4-8-17/h1-10H,11-16H2. The molecule has 4 rings (SSSR count). The number of hydrogen-bond acceptors (Lipinski definition) is 4. The number of carbonyl (C=O) groups is 2. The predicted molar refractivity (Wildman–Crippen MR) is 103 cm³/mol. The van der Waals surface area contributed by atoms with E-state index in [1.807, 2.05) is 65.6 Å². The van der Waals surface area contributed by atoms with Crippen LogP contribution in [0.25, 0.3) is 5.57 Å². The summed E-state index contributed by atoms with van der Waals surface area (Å²) < 4.78 is 5.42. The number of ether oxygens (including phenoxy) is 1. The molecule has 1 fully saturated rings. The lowest BCUT2D eigenvalue weighted by Gasteiger charge is -2.29. The number of carbonyl (C=O) groups excluding carboxylic acids is 2. The summed E-state index contributed by atoms with van der Waals surface area (Å²) in [5.41, 5.74) is 2.93. The van der Waals surface area contributed by atoms with Crippen molar-refractivity contribution in [2.75, 3.05) is 32.8 Å². The van der Waals surface area contributed by atoms with E-state index < -0.39 is 0 Å². The molecule has 2 heterocycles. The molecule has 2 aromatic rings. The van der Waals surface area contributed by atoms with Gasteiger partial charge in [0, 0.05) is 19.6 Å². The van der Waals surface area contributed by atoms with Crippen LogP contribution in [0.3, 0.4) is 0 Å². The maximum atomic E-state index is 13.2. The van der Waals surface area contributed by atoms with Crippen molar-refractivity contribution in [2.45, 2.75) is 6.42 Å². The molecule has 1 saturated heterocycles. The van der Waals surface area contributed by atoms with E-state index in [-0.39, 0.29) is 11.8 Å². The van der Waals surface area contributed by atoms with Crippen LogP contribution in [0, 0.1) is 0 Å². The molecule has 5 nitrogen and oxygen atoms in total.